The van der Waals surface area contributed by atoms with E-state index >= 15 is 0 Å². The second kappa shape index (κ2) is 6.80. The zero-order valence-electron chi connectivity index (χ0n) is 12.0. The van der Waals surface area contributed by atoms with Crippen LogP contribution in [0.25, 0.3) is 0 Å². The molecule has 3 N–H and O–H groups in total. The van der Waals surface area contributed by atoms with Crippen molar-refractivity contribution in [3.63, 3.8) is 0 Å². The molecule has 0 bridgehead atoms. The number of hydrogen-bond donors (Lipinski definition) is 3. The fourth-order valence-corrected chi connectivity index (χ4v) is 2.50. The summed E-state index contributed by atoms with van der Waals surface area (Å²) in [6.45, 7) is -0.417. The molecule has 2 rings (SSSR count). The van der Waals surface area contributed by atoms with Gasteiger partial charge in [0.25, 0.3) is 5.56 Å². The quantitative estimate of drug-likeness (QED) is 0.452. The Bertz CT molecular complexity index is 778. The first-order valence-corrected chi connectivity index (χ1v) is 7.95. The first kappa shape index (κ1) is 17.6. The molecule has 1 aromatic rings. The van der Waals surface area contributed by atoms with E-state index in [9.17, 15) is 19.3 Å². The first-order valence-electron chi connectivity index (χ1n) is 6.46. The Kier molecular flexibility index (Phi) is 5.21. The molecule has 0 amide bonds. The second-order valence-electron chi connectivity index (χ2n) is 4.73. The number of terminal acetylenes is 1. The number of ether oxygens (including phenoxy) is 1. The SMILES string of the molecule is C#Cc1cn([C@H]2C[C@@H](O)[C@@H](COP(=O)(O)OC)O2)c(=O)[nH]c1=O. The Hall–Kier alpha value is -1.73. The zero-order chi connectivity index (χ0) is 17.2. The Morgan fingerprint density at radius 2 is 2.30 bits per heavy atom. The van der Waals surface area contributed by atoms with Crippen molar-refractivity contribution in [2.24, 2.45) is 0 Å². The summed E-state index contributed by atoms with van der Waals surface area (Å²) in [6.07, 6.45) is 3.41. The van der Waals surface area contributed by atoms with Crippen molar-refractivity contribution < 1.29 is 28.3 Å². The average molecular weight is 346 g/mol. The third kappa shape index (κ3) is 3.97. The molecule has 0 aromatic carbocycles. The van der Waals surface area contributed by atoms with Crippen LogP contribution in [0.15, 0.2) is 15.8 Å². The summed E-state index contributed by atoms with van der Waals surface area (Å²) < 4.78 is 26.6. The normalized spacial score (nSPS) is 26.6. The third-order valence-electron chi connectivity index (χ3n) is 3.27. The van der Waals surface area contributed by atoms with E-state index < -0.39 is 44.1 Å². The number of phosphoric ester groups is 1. The van der Waals surface area contributed by atoms with Crippen LogP contribution in [0.2, 0.25) is 0 Å². The lowest BCUT2D eigenvalue weighted by molar-refractivity contribution is -0.0458. The van der Waals surface area contributed by atoms with Crippen LogP contribution < -0.4 is 11.2 Å². The van der Waals surface area contributed by atoms with E-state index in [-0.39, 0.29) is 12.0 Å². The van der Waals surface area contributed by atoms with Crippen molar-refractivity contribution in [3.05, 3.63) is 32.6 Å². The highest BCUT2D eigenvalue weighted by Crippen LogP contribution is 2.43. The summed E-state index contributed by atoms with van der Waals surface area (Å²) in [4.78, 5) is 34.4. The summed E-state index contributed by atoms with van der Waals surface area (Å²) in [5.74, 6) is 2.13. The lowest BCUT2D eigenvalue weighted by Crippen LogP contribution is -2.33. The van der Waals surface area contributed by atoms with E-state index in [0.717, 1.165) is 17.9 Å². The van der Waals surface area contributed by atoms with Gasteiger partial charge in [-0.3, -0.25) is 23.4 Å². The van der Waals surface area contributed by atoms with E-state index in [1.54, 1.807) is 0 Å². The van der Waals surface area contributed by atoms with Gasteiger partial charge in [0.1, 0.15) is 17.9 Å². The van der Waals surface area contributed by atoms with Crippen LogP contribution in [-0.2, 0) is 18.3 Å². The minimum Gasteiger partial charge on any atom is -0.390 e. The Morgan fingerprint density at radius 3 is 2.91 bits per heavy atom. The summed E-state index contributed by atoms with van der Waals surface area (Å²) in [5.41, 5.74) is -1.52. The summed E-state index contributed by atoms with van der Waals surface area (Å²) in [7, 11) is -3.21. The minimum atomic E-state index is -4.21. The molecule has 1 fully saturated rings. The van der Waals surface area contributed by atoms with Gasteiger partial charge in [-0.1, -0.05) is 5.92 Å². The lowest BCUT2D eigenvalue weighted by atomic mass is 10.2. The monoisotopic (exact) mass is 346 g/mol. The van der Waals surface area contributed by atoms with Gasteiger partial charge in [-0.2, -0.15) is 0 Å². The topological polar surface area (TPSA) is 140 Å². The summed E-state index contributed by atoms with van der Waals surface area (Å²) >= 11 is 0. The number of nitrogens with zero attached hydrogens (tertiary/aromatic N) is 1. The fraction of sp³-hybridized carbons (Fsp3) is 0.500. The molecule has 0 saturated carbocycles. The summed E-state index contributed by atoms with van der Waals surface area (Å²) in [5, 5.41) is 9.92. The number of phosphoric acid groups is 1. The molecule has 0 spiro atoms. The van der Waals surface area contributed by atoms with Gasteiger partial charge in [0.15, 0.2) is 0 Å². The highest BCUT2D eigenvalue weighted by atomic mass is 31.2. The Morgan fingerprint density at radius 1 is 1.61 bits per heavy atom. The van der Waals surface area contributed by atoms with Gasteiger partial charge in [-0.05, 0) is 0 Å². The van der Waals surface area contributed by atoms with Crippen molar-refractivity contribution in [1.82, 2.24) is 9.55 Å². The molecule has 2 heterocycles. The van der Waals surface area contributed by atoms with Crippen LogP contribution in [0, 0.1) is 12.3 Å². The molecule has 4 atom stereocenters. The van der Waals surface area contributed by atoms with Gasteiger partial charge in [0.2, 0.25) is 0 Å². The standard InChI is InChI=1S/C12H15N2O8P/c1-3-7-5-14(12(17)13-11(7)16)10-4-8(15)9(22-10)6-21-23(18,19)20-2/h1,5,8-10,15H,4,6H2,2H3,(H,18,19)(H,13,16,17)/t8-,9-,10-/m1/s1. The largest absolute Gasteiger partial charge is 0.472 e. The second-order valence-corrected chi connectivity index (χ2v) is 6.29. The molecule has 0 aliphatic carbocycles. The van der Waals surface area contributed by atoms with Crippen molar-refractivity contribution in [2.45, 2.75) is 24.9 Å². The Balaban J connectivity index is 2.16. The smallest absolute Gasteiger partial charge is 0.390 e. The molecule has 11 heteroatoms. The van der Waals surface area contributed by atoms with Gasteiger partial charge < -0.3 is 14.7 Å². The van der Waals surface area contributed by atoms with Gasteiger partial charge in [0.05, 0.1) is 12.7 Å². The van der Waals surface area contributed by atoms with Crippen molar-refractivity contribution >= 4 is 7.82 Å². The van der Waals surface area contributed by atoms with E-state index in [1.165, 1.54) is 0 Å². The molecular formula is C12H15N2O8P. The molecule has 1 unspecified atom stereocenters. The van der Waals surface area contributed by atoms with Crippen molar-refractivity contribution in [2.75, 3.05) is 13.7 Å². The highest BCUT2D eigenvalue weighted by Gasteiger charge is 2.37. The number of rotatable bonds is 5. The first-order chi connectivity index (χ1) is 10.8. The number of hydrogen-bond acceptors (Lipinski definition) is 7. The number of aliphatic hydroxyl groups is 1. The predicted molar refractivity (Wildman–Crippen MR) is 76.6 cm³/mol. The van der Waals surface area contributed by atoms with Crippen LogP contribution >= 0.6 is 7.82 Å². The van der Waals surface area contributed by atoms with Crippen molar-refractivity contribution in [3.8, 4) is 12.3 Å². The maximum atomic E-state index is 11.8. The molecule has 1 aromatic heterocycles. The molecule has 1 aliphatic rings. The molecule has 126 valence electrons. The van der Waals surface area contributed by atoms with Gasteiger partial charge in [0, 0.05) is 19.7 Å². The number of aromatic nitrogens is 2. The maximum Gasteiger partial charge on any atom is 0.472 e. The molecular weight excluding hydrogens is 331 g/mol. The lowest BCUT2D eigenvalue weighted by Gasteiger charge is -2.17. The van der Waals surface area contributed by atoms with Crippen LogP contribution in [0.4, 0.5) is 0 Å². The van der Waals surface area contributed by atoms with E-state index in [2.05, 4.69) is 15.0 Å². The van der Waals surface area contributed by atoms with Gasteiger partial charge >= 0.3 is 13.5 Å². The Labute approximate surface area is 130 Å². The van der Waals surface area contributed by atoms with Gasteiger partial charge in [-0.25, -0.2) is 9.36 Å². The van der Waals surface area contributed by atoms with E-state index in [4.69, 9.17) is 16.1 Å². The van der Waals surface area contributed by atoms with Crippen LogP contribution in [0.3, 0.4) is 0 Å². The summed E-state index contributed by atoms with van der Waals surface area (Å²) in [6, 6.07) is 0. The van der Waals surface area contributed by atoms with Gasteiger partial charge in [-0.15, -0.1) is 6.42 Å². The predicted octanol–water partition coefficient (Wildman–Crippen LogP) is -1.07. The fourth-order valence-electron chi connectivity index (χ4n) is 2.06. The highest BCUT2D eigenvalue weighted by molar-refractivity contribution is 7.47. The van der Waals surface area contributed by atoms with Crippen LogP contribution in [0.5, 0.6) is 0 Å². The van der Waals surface area contributed by atoms with Crippen molar-refractivity contribution in [1.29, 1.82) is 0 Å². The molecule has 1 aliphatic heterocycles. The molecule has 10 nitrogen and oxygen atoms in total. The zero-order valence-corrected chi connectivity index (χ0v) is 12.9. The number of aromatic amines is 1. The minimum absolute atomic E-state index is 0.00665. The van der Waals surface area contributed by atoms with E-state index in [1.807, 2.05) is 4.98 Å². The van der Waals surface area contributed by atoms with Crippen LogP contribution in [-0.4, -0.2) is 45.5 Å². The van der Waals surface area contributed by atoms with Crippen LogP contribution in [0.1, 0.15) is 18.2 Å². The maximum absolute atomic E-state index is 11.8. The third-order valence-corrected chi connectivity index (χ3v) is 4.21. The number of nitrogens with one attached hydrogen (secondary N) is 1. The number of H-pyrrole nitrogens is 1. The molecule has 23 heavy (non-hydrogen) atoms. The number of aliphatic hydroxyl groups excluding tert-OH is 1. The van der Waals surface area contributed by atoms with E-state index in [0.29, 0.717) is 0 Å². The molecule has 0 radical (unpaired) electrons. The molecule has 1 saturated heterocycles. The average Bonchev–Trinajstić information content (AvgIpc) is 2.86.